The van der Waals surface area contributed by atoms with Crippen LogP contribution in [-0.2, 0) is 6.18 Å². The number of nitriles is 1. The number of pyridine rings is 2. The van der Waals surface area contributed by atoms with E-state index in [0.717, 1.165) is 43.8 Å². The summed E-state index contributed by atoms with van der Waals surface area (Å²) in [4.78, 5) is 10.4. The van der Waals surface area contributed by atoms with Gasteiger partial charge < -0.3 is 10.6 Å². The standard InChI is InChI=1S/C34H32Cl2F3N9/c1-33(2,3)47-12-10-25(11-13-47)48-19-28(45-46-48)31(20-4-6-22(35)7-5-20)44-24-14-26-30(21(16-40)17-42-32(26)27(36)15-24)43-23-8-9-29(41-18-23)34(37,38)39/h4-9,14-15,17-19,25,31,44H,10-13H2,1-3H3,(H,42,43). The lowest BCUT2D eigenvalue weighted by Gasteiger charge is -2.40. The molecule has 4 heterocycles. The second kappa shape index (κ2) is 13.2. The highest BCUT2D eigenvalue weighted by atomic mass is 35.5. The summed E-state index contributed by atoms with van der Waals surface area (Å²) in [5.74, 6) is 0. The third-order valence-corrected chi connectivity index (χ3v) is 9.03. The molecule has 3 aromatic heterocycles. The fourth-order valence-corrected chi connectivity index (χ4v) is 6.29. The van der Waals surface area contributed by atoms with Gasteiger partial charge in [-0.05, 0) is 75.6 Å². The summed E-state index contributed by atoms with van der Waals surface area (Å²) in [7, 11) is 0. The van der Waals surface area contributed by atoms with Crippen LogP contribution in [0.25, 0.3) is 10.9 Å². The van der Waals surface area contributed by atoms with Crippen molar-refractivity contribution in [2.24, 2.45) is 0 Å². The normalized spacial score (nSPS) is 15.3. The molecular formula is C34H32Cl2F3N9. The molecule has 1 saturated heterocycles. The number of hydrogen-bond donors (Lipinski definition) is 2. The van der Waals surface area contributed by atoms with Crippen molar-refractivity contribution in [1.29, 1.82) is 5.26 Å². The highest BCUT2D eigenvalue weighted by Crippen LogP contribution is 2.37. The van der Waals surface area contributed by atoms with Crippen molar-refractivity contribution in [2.45, 2.75) is 57.4 Å². The first-order chi connectivity index (χ1) is 22.8. The first-order valence-corrected chi connectivity index (χ1v) is 16.1. The number of likely N-dealkylation sites (tertiary alicyclic amines) is 1. The van der Waals surface area contributed by atoms with Crippen LogP contribution in [0.5, 0.6) is 0 Å². The van der Waals surface area contributed by atoms with Gasteiger partial charge in [-0.2, -0.15) is 18.4 Å². The van der Waals surface area contributed by atoms with E-state index < -0.39 is 17.9 Å². The molecule has 1 atom stereocenters. The molecule has 0 radical (unpaired) electrons. The molecule has 1 aliphatic rings. The summed E-state index contributed by atoms with van der Waals surface area (Å²) in [6.07, 6.45) is 1.72. The van der Waals surface area contributed by atoms with Crippen LogP contribution in [0.15, 0.2) is 67.1 Å². The summed E-state index contributed by atoms with van der Waals surface area (Å²) in [6, 6.07) is 14.9. The van der Waals surface area contributed by atoms with Gasteiger partial charge in [0.15, 0.2) is 0 Å². The Morgan fingerprint density at radius 3 is 2.31 bits per heavy atom. The van der Waals surface area contributed by atoms with Crippen LogP contribution in [0, 0.1) is 11.3 Å². The third-order valence-electron chi connectivity index (χ3n) is 8.49. The predicted octanol–water partition coefficient (Wildman–Crippen LogP) is 8.80. The Kier molecular flexibility index (Phi) is 9.22. The van der Waals surface area contributed by atoms with E-state index in [2.05, 4.69) is 62.7 Å². The van der Waals surface area contributed by atoms with E-state index in [1.54, 1.807) is 24.3 Å². The van der Waals surface area contributed by atoms with E-state index in [9.17, 15) is 18.4 Å². The molecule has 2 aromatic carbocycles. The average Bonchev–Trinajstić information content (AvgIpc) is 3.54. The Hall–Kier alpha value is -4.44. The van der Waals surface area contributed by atoms with Crippen molar-refractivity contribution >= 4 is 51.2 Å². The van der Waals surface area contributed by atoms with Crippen LogP contribution >= 0.6 is 23.2 Å². The predicted molar refractivity (Wildman–Crippen MR) is 181 cm³/mol. The van der Waals surface area contributed by atoms with Crippen molar-refractivity contribution in [3.63, 3.8) is 0 Å². The number of fused-ring (bicyclic) bond motifs is 1. The lowest BCUT2D eigenvalue weighted by Crippen LogP contribution is -2.46. The van der Waals surface area contributed by atoms with Gasteiger partial charge >= 0.3 is 6.18 Å². The summed E-state index contributed by atoms with van der Waals surface area (Å²) in [5, 5.41) is 27.0. The molecule has 9 nitrogen and oxygen atoms in total. The molecule has 0 spiro atoms. The fraction of sp³-hybridized carbons (Fsp3) is 0.324. The van der Waals surface area contributed by atoms with Gasteiger partial charge in [-0.3, -0.25) is 9.88 Å². The molecule has 0 aliphatic carbocycles. The van der Waals surface area contributed by atoms with Gasteiger partial charge in [-0.1, -0.05) is 40.5 Å². The third kappa shape index (κ3) is 7.18. The molecule has 0 bridgehead atoms. The highest BCUT2D eigenvalue weighted by molar-refractivity contribution is 6.36. The monoisotopic (exact) mass is 693 g/mol. The lowest BCUT2D eigenvalue weighted by molar-refractivity contribution is -0.141. The molecule has 5 aromatic rings. The second-order valence-electron chi connectivity index (χ2n) is 12.7. The van der Waals surface area contributed by atoms with Gasteiger partial charge in [0.1, 0.15) is 17.5 Å². The topological polar surface area (TPSA) is 108 Å². The van der Waals surface area contributed by atoms with Gasteiger partial charge in [-0.15, -0.1) is 5.10 Å². The van der Waals surface area contributed by atoms with Gasteiger partial charge in [0.2, 0.25) is 0 Å². The minimum absolute atomic E-state index is 0.108. The first-order valence-electron chi connectivity index (χ1n) is 15.3. The molecule has 14 heteroatoms. The quantitative estimate of drug-likeness (QED) is 0.174. The van der Waals surface area contributed by atoms with Crippen molar-refractivity contribution in [1.82, 2.24) is 29.9 Å². The first kappa shape index (κ1) is 33.5. The zero-order chi connectivity index (χ0) is 34.2. The Morgan fingerprint density at radius 2 is 1.69 bits per heavy atom. The van der Waals surface area contributed by atoms with Gasteiger partial charge in [0, 0.05) is 40.9 Å². The van der Waals surface area contributed by atoms with Gasteiger partial charge in [0.05, 0.1) is 52.0 Å². The minimum Gasteiger partial charge on any atom is -0.373 e. The number of rotatable bonds is 7. The Labute approximate surface area is 285 Å². The number of nitrogens with one attached hydrogen (secondary N) is 2. The van der Waals surface area contributed by atoms with Crippen LogP contribution in [0.3, 0.4) is 0 Å². The SMILES string of the molecule is CC(C)(C)N1CCC(n2cc(C(Nc3cc(Cl)c4ncc(C#N)c(Nc5ccc(C(F)(F)F)nc5)c4c3)c3ccc(Cl)cc3)nn2)CC1. The van der Waals surface area contributed by atoms with E-state index in [-0.39, 0.29) is 22.8 Å². The number of benzene rings is 2. The van der Waals surface area contributed by atoms with Gasteiger partial charge in [-0.25, -0.2) is 9.67 Å². The smallest absolute Gasteiger partial charge is 0.373 e. The average molecular weight is 695 g/mol. The summed E-state index contributed by atoms with van der Waals surface area (Å²) in [5.41, 5.74) is 2.39. The second-order valence-corrected chi connectivity index (χ2v) is 13.6. The maximum atomic E-state index is 13.1. The number of anilines is 3. The van der Waals surface area contributed by atoms with E-state index in [0.29, 0.717) is 38.0 Å². The molecule has 0 saturated carbocycles. The Morgan fingerprint density at radius 1 is 0.958 bits per heavy atom. The minimum atomic E-state index is -4.58. The van der Waals surface area contributed by atoms with E-state index >= 15 is 0 Å². The van der Waals surface area contributed by atoms with Crippen molar-refractivity contribution in [2.75, 3.05) is 23.7 Å². The van der Waals surface area contributed by atoms with Crippen LogP contribution in [-0.4, -0.2) is 48.5 Å². The highest BCUT2D eigenvalue weighted by Gasteiger charge is 2.32. The number of aromatic nitrogens is 5. The number of piperidine rings is 1. The van der Waals surface area contributed by atoms with E-state index in [4.69, 9.17) is 23.2 Å². The number of halogens is 5. The molecular weight excluding hydrogens is 662 g/mol. The maximum Gasteiger partial charge on any atom is 0.433 e. The van der Waals surface area contributed by atoms with E-state index in [1.807, 2.05) is 23.0 Å². The zero-order valence-electron chi connectivity index (χ0n) is 26.4. The molecule has 248 valence electrons. The number of alkyl halides is 3. The van der Waals surface area contributed by atoms with Gasteiger partial charge in [0.25, 0.3) is 0 Å². The molecule has 0 amide bonds. The largest absolute Gasteiger partial charge is 0.433 e. The van der Waals surface area contributed by atoms with Crippen molar-refractivity contribution < 1.29 is 13.2 Å². The number of hydrogen-bond acceptors (Lipinski definition) is 8. The summed E-state index contributed by atoms with van der Waals surface area (Å²) in [6.45, 7) is 8.62. The molecule has 1 fully saturated rings. The van der Waals surface area contributed by atoms with Crippen LogP contribution in [0.4, 0.5) is 30.2 Å². The molecule has 1 unspecified atom stereocenters. The van der Waals surface area contributed by atoms with Crippen LogP contribution in [0.1, 0.15) is 68.2 Å². The van der Waals surface area contributed by atoms with E-state index in [1.165, 1.54) is 12.3 Å². The molecule has 1 aliphatic heterocycles. The molecule has 48 heavy (non-hydrogen) atoms. The molecule has 2 N–H and O–H groups in total. The Balaban J connectivity index is 1.34. The van der Waals surface area contributed by atoms with Crippen LogP contribution in [0.2, 0.25) is 10.0 Å². The summed E-state index contributed by atoms with van der Waals surface area (Å²) < 4.78 is 41.3. The van der Waals surface area contributed by atoms with Crippen molar-refractivity contribution in [3.8, 4) is 6.07 Å². The lowest BCUT2D eigenvalue weighted by atomic mass is 9.98. The molecule has 6 rings (SSSR count). The fourth-order valence-electron chi connectivity index (χ4n) is 5.89. The zero-order valence-corrected chi connectivity index (χ0v) is 27.9. The Bertz CT molecular complexity index is 1960. The number of nitrogens with zero attached hydrogens (tertiary/aromatic N) is 7. The van der Waals surface area contributed by atoms with Crippen LogP contribution < -0.4 is 10.6 Å². The van der Waals surface area contributed by atoms with Crippen molar-refractivity contribution in [3.05, 3.63) is 99.7 Å². The maximum absolute atomic E-state index is 13.1. The summed E-state index contributed by atoms with van der Waals surface area (Å²) >= 11 is 13.0.